The third-order valence-electron chi connectivity index (χ3n) is 1.50. The quantitative estimate of drug-likeness (QED) is 0.377. The Kier molecular flexibility index (Phi) is 2.30. The average Bonchev–Trinajstić information content (AvgIpc) is 2.04. The lowest BCUT2D eigenvalue weighted by Gasteiger charge is -2.07. The van der Waals surface area contributed by atoms with Crippen LogP contribution in [0.5, 0.6) is 5.75 Å². The minimum atomic E-state index is -1.08. The van der Waals surface area contributed by atoms with Crippen molar-refractivity contribution in [2.75, 3.05) is 0 Å². The van der Waals surface area contributed by atoms with Gasteiger partial charge in [0.05, 0.1) is 0 Å². The van der Waals surface area contributed by atoms with E-state index in [1.54, 1.807) is 0 Å². The number of benzene rings is 1. The summed E-state index contributed by atoms with van der Waals surface area (Å²) in [5.74, 6) is -0.185. The van der Waals surface area contributed by atoms with E-state index < -0.39 is 6.10 Å². The Morgan fingerprint density at radius 1 is 1.33 bits per heavy atom. The van der Waals surface area contributed by atoms with Crippen molar-refractivity contribution < 1.29 is 10.2 Å². The maximum Gasteiger partial charge on any atom is 0.135 e. The molecule has 0 aliphatic heterocycles. The van der Waals surface area contributed by atoms with E-state index in [0.717, 1.165) is 0 Å². The fourth-order valence-electron chi connectivity index (χ4n) is 0.836. The highest BCUT2D eigenvalue weighted by atomic mass is 16.3. The smallest absolute Gasteiger partial charge is 0.135 e. The van der Waals surface area contributed by atoms with Gasteiger partial charge in [-0.05, 0) is 17.7 Å². The number of aromatic hydroxyl groups is 1. The van der Waals surface area contributed by atoms with Gasteiger partial charge in [-0.25, -0.2) is 0 Å². The lowest BCUT2D eigenvalue weighted by Crippen LogP contribution is -2.19. The minimum Gasteiger partial charge on any atom is -0.508 e. The number of phenolic OH excluding ortho intramolecular Hbond substituents is 1. The van der Waals surface area contributed by atoms with Crippen LogP contribution in [-0.2, 0) is 0 Å². The van der Waals surface area contributed by atoms with Crippen molar-refractivity contribution in [1.82, 2.24) is 0 Å². The van der Waals surface area contributed by atoms with E-state index in [2.05, 4.69) is 0 Å². The largest absolute Gasteiger partial charge is 0.508 e. The van der Waals surface area contributed by atoms with E-state index in [0.29, 0.717) is 5.56 Å². The van der Waals surface area contributed by atoms with Crippen LogP contribution < -0.4 is 5.73 Å². The Hall–Kier alpha value is -1.55. The van der Waals surface area contributed by atoms with Gasteiger partial charge in [0.25, 0.3) is 0 Å². The molecule has 0 heterocycles. The Morgan fingerprint density at radius 3 is 2.25 bits per heavy atom. The number of aliphatic hydroxyl groups excluding tert-OH is 1. The first kappa shape index (κ1) is 8.55. The second-order valence-electron chi connectivity index (χ2n) is 2.45. The van der Waals surface area contributed by atoms with E-state index in [4.69, 9.17) is 16.2 Å². The summed E-state index contributed by atoms with van der Waals surface area (Å²) in [5, 5.41) is 25.1. The van der Waals surface area contributed by atoms with Crippen LogP contribution in [-0.4, -0.2) is 16.0 Å². The first-order valence-corrected chi connectivity index (χ1v) is 3.42. The summed E-state index contributed by atoms with van der Waals surface area (Å²) in [6.07, 6.45) is -1.08. The first-order chi connectivity index (χ1) is 5.61. The SMILES string of the molecule is N=C(N)[C@H](O)c1ccc(O)cc1. The van der Waals surface area contributed by atoms with Gasteiger partial charge < -0.3 is 15.9 Å². The zero-order valence-corrected chi connectivity index (χ0v) is 6.36. The highest BCUT2D eigenvalue weighted by Crippen LogP contribution is 2.15. The van der Waals surface area contributed by atoms with Crippen molar-refractivity contribution in [3.05, 3.63) is 29.8 Å². The van der Waals surface area contributed by atoms with Crippen molar-refractivity contribution >= 4 is 5.84 Å². The van der Waals surface area contributed by atoms with Crippen molar-refractivity contribution in [1.29, 1.82) is 5.41 Å². The van der Waals surface area contributed by atoms with Crippen LogP contribution in [0.4, 0.5) is 0 Å². The molecule has 0 amide bonds. The summed E-state index contributed by atoms with van der Waals surface area (Å²) in [7, 11) is 0. The Morgan fingerprint density at radius 2 is 1.83 bits per heavy atom. The molecule has 0 fully saturated rings. The number of aliphatic hydroxyl groups is 1. The fraction of sp³-hybridized carbons (Fsp3) is 0.125. The normalized spacial score (nSPS) is 12.4. The van der Waals surface area contributed by atoms with Gasteiger partial charge in [-0.1, -0.05) is 12.1 Å². The van der Waals surface area contributed by atoms with Crippen molar-refractivity contribution in [2.24, 2.45) is 5.73 Å². The topological polar surface area (TPSA) is 90.3 Å². The molecule has 0 unspecified atom stereocenters. The summed E-state index contributed by atoms with van der Waals surface area (Å²) in [4.78, 5) is 0. The predicted octanol–water partition coefficient (Wildman–Crippen LogP) is 0.362. The molecule has 0 bridgehead atoms. The standard InChI is InChI=1S/C8H10N2O2/c9-8(10)7(12)5-1-3-6(11)4-2-5/h1-4,7,11-12H,(H3,9,10)/t7-/m1/s1. The molecule has 0 saturated heterocycles. The van der Waals surface area contributed by atoms with Crippen LogP contribution >= 0.6 is 0 Å². The molecular weight excluding hydrogens is 156 g/mol. The molecule has 1 atom stereocenters. The maximum atomic E-state index is 9.26. The summed E-state index contributed by atoms with van der Waals surface area (Å²) in [6, 6.07) is 5.89. The Bertz CT molecular complexity index is 282. The Balaban J connectivity index is 2.89. The third-order valence-corrected chi connectivity index (χ3v) is 1.50. The number of nitrogens with two attached hydrogens (primary N) is 1. The van der Waals surface area contributed by atoms with E-state index in [1.165, 1.54) is 24.3 Å². The van der Waals surface area contributed by atoms with Crippen molar-refractivity contribution in [3.63, 3.8) is 0 Å². The van der Waals surface area contributed by atoms with Crippen LogP contribution in [0.1, 0.15) is 11.7 Å². The van der Waals surface area contributed by atoms with Crippen LogP contribution in [0.25, 0.3) is 0 Å². The second kappa shape index (κ2) is 3.23. The monoisotopic (exact) mass is 166 g/mol. The van der Waals surface area contributed by atoms with Crippen molar-refractivity contribution in [3.8, 4) is 5.75 Å². The number of rotatable bonds is 2. The van der Waals surface area contributed by atoms with Gasteiger partial charge in [0.15, 0.2) is 0 Å². The number of phenols is 1. The zero-order chi connectivity index (χ0) is 9.14. The lowest BCUT2D eigenvalue weighted by atomic mass is 10.1. The van der Waals surface area contributed by atoms with Crippen LogP contribution in [0.15, 0.2) is 24.3 Å². The van der Waals surface area contributed by atoms with E-state index in [9.17, 15) is 5.11 Å². The molecule has 12 heavy (non-hydrogen) atoms. The summed E-state index contributed by atoms with van der Waals surface area (Å²) in [5.41, 5.74) is 5.58. The van der Waals surface area contributed by atoms with Gasteiger partial charge in [-0.3, -0.25) is 5.41 Å². The van der Waals surface area contributed by atoms with Gasteiger partial charge in [-0.15, -0.1) is 0 Å². The summed E-state index contributed by atoms with van der Waals surface area (Å²) in [6.45, 7) is 0. The Labute approximate surface area is 69.8 Å². The number of hydrogen-bond donors (Lipinski definition) is 4. The van der Waals surface area contributed by atoms with Crippen LogP contribution in [0, 0.1) is 5.41 Å². The molecule has 5 N–H and O–H groups in total. The molecule has 0 radical (unpaired) electrons. The van der Waals surface area contributed by atoms with Gasteiger partial charge in [-0.2, -0.15) is 0 Å². The molecule has 0 spiro atoms. The van der Waals surface area contributed by atoms with E-state index in [-0.39, 0.29) is 11.6 Å². The minimum absolute atomic E-state index is 0.120. The number of nitrogens with one attached hydrogen (secondary N) is 1. The molecule has 0 aliphatic rings. The molecule has 1 aromatic rings. The molecule has 64 valence electrons. The van der Waals surface area contributed by atoms with Gasteiger partial charge in [0, 0.05) is 0 Å². The predicted molar refractivity (Wildman–Crippen MR) is 45.0 cm³/mol. The van der Waals surface area contributed by atoms with Gasteiger partial charge in [0.2, 0.25) is 0 Å². The highest BCUT2D eigenvalue weighted by molar-refractivity contribution is 5.82. The maximum absolute atomic E-state index is 9.26. The molecular formula is C8H10N2O2. The molecule has 0 saturated carbocycles. The fourth-order valence-corrected chi connectivity index (χ4v) is 0.836. The van der Waals surface area contributed by atoms with Gasteiger partial charge >= 0.3 is 0 Å². The number of amidine groups is 1. The molecule has 4 heteroatoms. The molecule has 0 aromatic heterocycles. The highest BCUT2D eigenvalue weighted by Gasteiger charge is 2.09. The molecule has 0 aliphatic carbocycles. The average molecular weight is 166 g/mol. The van der Waals surface area contributed by atoms with Crippen LogP contribution in [0.2, 0.25) is 0 Å². The zero-order valence-electron chi connectivity index (χ0n) is 6.36. The second-order valence-corrected chi connectivity index (χ2v) is 2.45. The van der Waals surface area contributed by atoms with Gasteiger partial charge in [0.1, 0.15) is 17.7 Å². The summed E-state index contributed by atoms with van der Waals surface area (Å²) < 4.78 is 0. The van der Waals surface area contributed by atoms with Crippen LogP contribution in [0.3, 0.4) is 0 Å². The van der Waals surface area contributed by atoms with E-state index in [1.807, 2.05) is 0 Å². The van der Waals surface area contributed by atoms with Crippen molar-refractivity contribution in [2.45, 2.75) is 6.10 Å². The molecule has 1 aromatic carbocycles. The molecule has 1 rings (SSSR count). The third kappa shape index (κ3) is 1.73. The lowest BCUT2D eigenvalue weighted by molar-refractivity contribution is 0.245. The summed E-state index contributed by atoms with van der Waals surface area (Å²) >= 11 is 0. The molecule has 4 nitrogen and oxygen atoms in total. The number of hydrogen-bond acceptors (Lipinski definition) is 3. The van der Waals surface area contributed by atoms with E-state index >= 15 is 0 Å². The first-order valence-electron chi connectivity index (χ1n) is 3.42.